The molecule has 1 aromatic carbocycles. The fourth-order valence-corrected chi connectivity index (χ4v) is 6.18. The number of carbonyl (C=O) groups excluding carboxylic acids is 2. The van der Waals surface area contributed by atoms with Crippen LogP contribution in [0.2, 0.25) is 0 Å². The first-order valence-corrected chi connectivity index (χ1v) is 14.5. The van der Waals surface area contributed by atoms with Gasteiger partial charge in [-0.2, -0.15) is 13.2 Å². The molecule has 45 heavy (non-hydrogen) atoms. The number of carbonyl (C=O) groups is 2. The molecular weight excluding hydrogens is 615 g/mol. The molecule has 2 aliphatic heterocycles. The van der Waals surface area contributed by atoms with E-state index in [1.807, 2.05) is 0 Å². The molecule has 3 heterocycles. The maximum absolute atomic E-state index is 15.3. The fraction of sp³-hybridized carbons (Fsp3) is 0.552. The van der Waals surface area contributed by atoms with E-state index in [1.54, 1.807) is 0 Å². The minimum Gasteiger partial charge on any atom is -0.497 e. The third-order valence-electron chi connectivity index (χ3n) is 8.48. The SMILES string of the molecule is COc1cc(F)c([C@@H]2CN(c3nccc(NC4CCOC4)c3C(F)(F)F)C(=O)C2NC(=O)N[C@H]2CC[C@H](C(F)F)CC2)c(F)c1. The summed E-state index contributed by atoms with van der Waals surface area (Å²) in [7, 11) is 1.18. The van der Waals surface area contributed by atoms with E-state index in [9.17, 15) is 31.5 Å². The van der Waals surface area contributed by atoms with Gasteiger partial charge in [-0.3, -0.25) is 9.69 Å². The highest BCUT2D eigenvalue weighted by molar-refractivity contribution is 6.03. The van der Waals surface area contributed by atoms with Crippen molar-refractivity contribution in [2.45, 2.75) is 68.7 Å². The van der Waals surface area contributed by atoms with E-state index in [0.717, 1.165) is 24.4 Å². The van der Waals surface area contributed by atoms with Gasteiger partial charge in [-0.15, -0.1) is 0 Å². The van der Waals surface area contributed by atoms with Gasteiger partial charge < -0.3 is 25.4 Å². The predicted molar refractivity (Wildman–Crippen MR) is 147 cm³/mol. The largest absolute Gasteiger partial charge is 0.497 e. The summed E-state index contributed by atoms with van der Waals surface area (Å²) in [6.45, 7) is -0.137. The number of nitrogens with zero attached hydrogens (tertiary/aromatic N) is 2. The lowest BCUT2D eigenvalue weighted by Gasteiger charge is -2.29. The standard InChI is InChI=1S/C29H32F7N5O4/c1-44-17-10-19(30)22(20(31)11-17)18-12-41(26-23(29(34,35)36)21(6-8-37-26)38-16-7-9-45-13-16)27(42)24(18)40-28(43)39-15-4-2-14(3-5-15)25(32)33/h6,8,10-11,14-16,18,24-25H,2-5,7,9,12-13H2,1H3,(H,37,38)(H2,39,40,43)/t14-,15-,16?,18-,24?/m0/s1. The van der Waals surface area contributed by atoms with Gasteiger partial charge in [-0.1, -0.05) is 0 Å². The molecule has 2 aromatic rings. The Morgan fingerprint density at radius 3 is 2.33 bits per heavy atom. The van der Waals surface area contributed by atoms with Crippen LogP contribution in [0.25, 0.3) is 0 Å². The van der Waals surface area contributed by atoms with Gasteiger partial charge in [0.2, 0.25) is 6.43 Å². The van der Waals surface area contributed by atoms with E-state index >= 15 is 8.78 Å². The van der Waals surface area contributed by atoms with Gasteiger partial charge in [0, 0.05) is 54.9 Å². The predicted octanol–water partition coefficient (Wildman–Crippen LogP) is 5.21. The van der Waals surface area contributed by atoms with Crippen molar-refractivity contribution < 1.29 is 49.8 Å². The van der Waals surface area contributed by atoms with Crippen LogP contribution in [-0.2, 0) is 15.7 Å². The van der Waals surface area contributed by atoms with E-state index in [1.165, 1.54) is 7.11 Å². The molecule has 1 aliphatic carbocycles. The quantitative estimate of drug-likeness (QED) is 0.340. The summed E-state index contributed by atoms with van der Waals surface area (Å²) in [6.07, 6.45) is -5.18. The molecule has 1 saturated carbocycles. The van der Waals surface area contributed by atoms with Crippen LogP contribution in [0.5, 0.6) is 5.75 Å². The highest BCUT2D eigenvalue weighted by atomic mass is 19.4. The van der Waals surface area contributed by atoms with Crippen LogP contribution in [-0.4, -0.2) is 68.3 Å². The van der Waals surface area contributed by atoms with Crippen molar-refractivity contribution in [2.75, 3.05) is 37.1 Å². The highest BCUT2D eigenvalue weighted by Gasteiger charge is 2.49. The van der Waals surface area contributed by atoms with Crippen LogP contribution in [0.15, 0.2) is 24.4 Å². The van der Waals surface area contributed by atoms with Crippen LogP contribution >= 0.6 is 0 Å². The van der Waals surface area contributed by atoms with E-state index in [-0.39, 0.29) is 43.7 Å². The summed E-state index contributed by atoms with van der Waals surface area (Å²) in [5, 5.41) is 7.76. The van der Waals surface area contributed by atoms with Crippen molar-refractivity contribution in [3.05, 3.63) is 47.2 Å². The highest BCUT2D eigenvalue weighted by Crippen LogP contribution is 2.44. The summed E-state index contributed by atoms with van der Waals surface area (Å²) >= 11 is 0. The second-order valence-electron chi connectivity index (χ2n) is 11.4. The Kier molecular flexibility index (Phi) is 9.60. The molecule has 5 rings (SSSR count). The van der Waals surface area contributed by atoms with Crippen molar-refractivity contribution in [1.82, 2.24) is 15.6 Å². The van der Waals surface area contributed by atoms with Gasteiger partial charge in [-0.25, -0.2) is 27.3 Å². The maximum Gasteiger partial charge on any atom is 0.421 e. The minimum absolute atomic E-state index is 0.160. The fourth-order valence-electron chi connectivity index (χ4n) is 6.18. The number of amides is 3. The number of halogens is 7. The Morgan fingerprint density at radius 1 is 1.07 bits per heavy atom. The Morgan fingerprint density at radius 2 is 1.76 bits per heavy atom. The zero-order valence-electron chi connectivity index (χ0n) is 24.1. The van der Waals surface area contributed by atoms with Gasteiger partial charge in [0.25, 0.3) is 5.91 Å². The molecule has 3 fully saturated rings. The number of pyridine rings is 1. The average Bonchev–Trinajstić information content (AvgIpc) is 3.60. The third kappa shape index (κ3) is 7.05. The number of hydrogen-bond acceptors (Lipinski definition) is 6. The molecule has 246 valence electrons. The first-order valence-electron chi connectivity index (χ1n) is 14.5. The van der Waals surface area contributed by atoms with Crippen LogP contribution < -0.4 is 25.6 Å². The van der Waals surface area contributed by atoms with Crippen molar-refractivity contribution in [1.29, 1.82) is 0 Å². The summed E-state index contributed by atoms with van der Waals surface area (Å²) in [5.41, 5.74) is -2.26. The number of hydrogen-bond donors (Lipinski definition) is 3. The number of methoxy groups -OCH3 is 1. The van der Waals surface area contributed by atoms with Gasteiger partial charge >= 0.3 is 12.2 Å². The number of anilines is 2. The van der Waals surface area contributed by atoms with E-state index in [0.29, 0.717) is 17.9 Å². The van der Waals surface area contributed by atoms with Crippen LogP contribution in [0.3, 0.4) is 0 Å². The molecule has 9 nitrogen and oxygen atoms in total. The zero-order valence-corrected chi connectivity index (χ0v) is 24.1. The van der Waals surface area contributed by atoms with E-state index < -0.39 is 89.6 Å². The molecule has 3 amide bonds. The van der Waals surface area contributed by atoms with Crippen molar-refractivity contribution in [3.63, 3.8) is 0 Å². The number of nitrogens with one attached hydrogen (secondary N) is 3. The molecule has 2 saturated heterocycles. The van der Waals surface area contributed by atoms with Crippen LogP contribution in [0.4, 0.5) is 47.0 Å². The smallest absolute Gasteiger partial charge is 0.421 e. The van der Waals surface area contributed by atoms with Gasteiger partial charge in [-0.05, 0) is 38.2 Å². The Hall–Kier alpha value is -3.82. The average molecular weight is 648 g/mol. The van der Waals surface area contributed by atoms with Crippen molar-refractivity contribution in [2.24, 2.45) is 5.92 Å². The first kappa shape index (κ1) is 32.6. The van der Waals surface area contributed by atoms with E-state index in [4.69, 9.17) is 9.47 Å². The molecule has 16 heteroatoms. The lowest BCUT2D eigenvalue weighted by Crippen LogP contribution is -2.51. The van der Waals surface area contributed by atoms with Crippen LogP contribution in [0, 0.1) is 17.6 Å². The summed E-state index contributed by atoms with van der Waals surface area (Å²) in [4.78, 5) is 31.3. The lowest BCUT2D eigenvalue weighted by atomic mass is 9.86. The maximum atomic E-state index is 15.3. The minimum atomic E-state index is -5.00. The Balaban J connectivity index is 1.47. The van der Waals surface area contributed by atoms with Crippen LogP contribution in [0.1, 0.15) is 49.1 Å². The Labute approximate surface area is 253 Å². The number of aromatic nitrogens is 1. The van der Waals surface area contributed by atoms with Gasteiger partial charge in [0.05, 0.1) is 25.4 Å². The molecule has 2 unspecified atom stereocenters. The first-order chi connectivity index (χ1) is 21.4. The van der Waals surface area contributed by atoms with Gasteiger partial charge in [0.1, 0.15) is 34.8 Å². The van der Waals surface area contributed by atoms with E-state index in [2.05, 4.69) is 20.9 Å². The number of benzene rings is 1. The Bertz CT molecular complexity index is 1370. The second kappa shape index (κ2) is 13.3. The summed E-state index contributed by atoms with van der Waals surface area (Å²) < 4.78 is 110. The van der Waals surface area contributed by atoms with Crippen molar-refractivity contribution in [3.8, 4) is 5.75 Å². The summed E-state index contributed by atoms with van der Waals surface area (Å²) in [5.74, 6) is -6.60. The topological polar surface area (TPSA) is 105 Å². The number of rotatable bonds is 8. The zero-order chi connectivity index (χ0) is 32.5. The third-order valence-corrected chi connectivity index (χ3v) is 8.48. The normalized spacial score (nSPS) is 25.5. The number of ether oxygens (including phenoxy) is 2. The van der Waals surface area contributed by atoms with Crippen molar-refractivity contribution >= 4 is 23.4 Å². The van der Waals surface area contributed by atoms with Gasteiger partial charge in [0.15, 0.2) is 0 Å². The molecule has 0 spiro atoms. The molecule has 1 aromatic heterocycles. The lowest BCUT2D eigenvalue weighted by molar-refractivity contribution is -0.136. The second-order valence-corrected chi connectivity index (χ2v) is 11.4. The monoisotopic (exact) mass is 647 g/mol. The number of urea groups is 1. The molecular formula is C29H32F7N5O4. The molecule has 3 atom stereocenters. The summed E-state index contributed by atoms with van der Waals surface area (Å²) in [6, 6.07) is -0.758. The number of alkyl halides is 5. The molecule has 3 N–H and O–H groups in total. The molecule has 0 bridgehead atoms. The molecule has 0 radical (unpaired) electrons. The molecule has 3 aliphatic rings.